The van der Waals surface area contributed by atoms with Gasteiger partial charge in [0.1, 0.15) is 24.7 Å². The highest BCUT2D eigenvalue weighted by Crippen LogP contribution is 2.69. The summed E-state index contributed by atoms with van der Waals surface area (Å²) in [5.41, 5.74) is 6.55. The van der Waals surface area contributed by atoms with E-state index < -0.39 is 32.9 Å². The van der Waals surface area contributed by atoms with Crippen LogP contribution in [-0.2, 0) is 0 Å². The van der Waals surface area contributed by atoms with E-state index in [1.807, 2.05) is 0 Å². The van der Waals surface area contributed by atoms with E-state index in [1.165, 1.54) is 115 Å². The van der Waals surface area contributed by atoms with Gasteiger partial charge < -0.3 is 18.3 Å². The highest BCUT2D eigenvalue weighted by molar-refractivity contribution is 6.83. The Hall–Kier alpha value is -0.232. The molecule has 0 aromatic heterocycles. The largest absolute Gasteiger partial charge is 0.393 e. The first-order chi connectivity index (χ1) is 49.5. The first-order valence-electron chi connectivity index (χ1n) is 47.7. The molecular weight excluding hydrogens is 1360 g/mol. The Morgan fingerprint density at radius 1 is 0.308 bits per heavy atom. The molecule has 0 radical (unpaired) electrons. The zero-order chi connectivity index (χ0) is 79.3. The van der Waals surface area contributed by atoms with Crippen LogP contribution in [-0.4, -0.2) is 86.9 Å². The molecule has 12 fully saturated rings. The van der Waals surface area contributed by atoms with Crippen molar-refractivity contribution in [1.82, 2.24) is 13.7 Å². The number of para-hydroxylation sites is 1. The number of anilines is 1. The molecule has 4 nitrogen and oxygen atoms in total. The molecule has 0 spiro atoms. The van der Waals surface area contributed by atoms with Crippen molar-refractivity contribution in [3.63, 3.8) is 0 Å². The van der Waals surface area contributed by atoms with Crippen LogP contribution in [0.15, 0.2) is 30.3 Å². The van der Waals surface area contributed by atoms with Crippen molar-refractivity contribution in [2.75, 3.05) is 11.1 Å². The molecule has 0 bridgehead atoms. The molecular formula is C99H186N4Si4. The van der Waals surface area contributed by atoms with Crippen molar-refractivity contribution >= 4 is 38.6 Å². The van der Waals surface area contributed by atoms with Crippen molar-refractivity contribution < 1.29 is 0 Å². The van der Waals surface area contributed by atoms with E-state index in [-0.39, 0.29) is 22.2 Å². The maximum atomic E-state index is 3.01. The Labute approximate surface area is 673 Å². The summed E-state index contributed by atoms with van der Waals surface area (Å²) in [5.74, 6) is 24.0. The van der Waals surface area contributed by atoms with E-state index in [9.17, 15) is 0 Å². The summed E-state index contributed by atoms with van der Waals surface area (Å²) in [5, 5.41) is 0. The summed E-state index contributed by atoms with van der Waals surface area (Å²) in [4.78, 5) is 0. The van der Waals surface area contributed by atoms with Crippen LogP contribution in [0.1, 0.15) is 334 Å². The monoisotopic (exact) mass is 1540 g/mol. The molecule has 107 heavy (non-hydrogen) atoms. The van der Waals surface area contributed by atoms with Crippen LogP contribution in [0.25, 0.3) is 0 Å². The zero-order valence-corrected chi connectivity index (χ0v) is 82.1. The van der Waals surface area contributed by atoms with Crippen molar-refractivity contribution in [3.8, 4) is 0 Å². The molecule has 28 atom stereocenters. The number of hydrogen-bond acceptors (Lipinski definition) is 4. The molecule has 13 rings (SSSR count). The average molecular weight is 1540 g/mol. The lowest BCUT2D eigenvalue weighted by atomic mass is 9.61. The maximum absolute atomic E-state index is 3.01. The summed E-state index contributed by atoms with van der Waals surface area (Å²) in [7, 11) is -6.33. The third kappa shape index (κ3) is 17.4. The predicted octanol–water partition coefficient (Wildman–Crippen LogP) is 29.6. The van der Waals surface area contributed by atoms with Gasteiger partial charge in [0.05, 0.1) is 0 Å². The Kier molecular flexibility index (Phi) is 28.0. The van der Waals surface area contributed by atoms with Crippen LogP contribution >= 0.6 is 0 Å². The summed E-state index contributed by atoms with van der Waals surface area (Å²) in [6.45, 7) is 88.2. The first kappa shape index (κ1) is 89.1. The minimum Gasteiger partial charge on any atom is -0.393 e. The smallest absolute Gasteiger partial charge is 0.154 e. The van der Waals surface area contributed by atoms with Gasteiger partial charge in [0.15, 0.2) is 8.24 Å². The van der Waals surface area contributed by atoms with E-state index in [4.69, 9.17) is 0 Å². The SMILES string of the molecule is CC1C(C)C([Si](C)(C)N(C(C)(C)C)C(C)(C)C)C2CCC3CCCCC3C12.CC1C(C)C([Si](C)(C)N(C(C)C)C(C)(C)C)C2CCC3CCCCC3C12.CC1C(C)C([Si](C)(C)N(c2ccccc2)C(C)(C)C)C2CCC3CCCCC3C12.CCN(C(C)(C)C)[Si](C)(C)C1C(C)C(C)C2C3CCCCC3CCC21. The molecule has 0 N–H and O–H groups in total. The van der Waals surface area contributed by atoms with Crippen LogP contribution in [0.3, 0.4) is 0 Å². The summed E-state index contributed by atoms with van der Waals surface area (Å²) in [6, 6.07) is 12.0. The first-order valence-corrected chi connectivity index (χ1v) is 59.8. The third-order valence-electron chi connectivity index (χ3n) is 36.3. The van der Waals surface area contributed by atoms with Gasteiger partial charge in [-0.25, -0.2) is 0 Å². The molecule has 1 aromatic rings. The molecule has 8 heteroatoms. The molecule has 28 unspecified atom stereocenters. The van der Waals surface area contributed by atoms with Gasteiger partial charge in [0.25, 0.3) is 0 Å². The van der Waals surface area contributed by atoms with Crippen LogP contribution in [0.5, 0.6) is 0 Å². The maximum Gasteiger partial charge on any atom is 0.154 e. The summed E-state index contributed by atoms with van der Waals surface area (Å²) in [6.07, 6.45) is 36.7. The standard InChI is InChI=1S/C27H45NSi.C25H49NSi.C24H47NSi.C23H45NSi/c1-19-20(2)26(24-18-17-21-13-11-12-16-23(21)25(19)24)29(6,7)28(27(3,4)5)22-14-9-8-10-15-22;1-17-18(2)23(27(9,10)26(24(3,4)5)25(6,7)8)21-16-15-19-13-11-12-14-20(19)22(17)21;1-16(2)25(24(5,6)7)26(8,9)23-18(4)17(3)22-20-13-11-10-12-19(20)14-15-21(22)23;1-9-24(23(4,5)6)25(7,8)22-17(3)16(2)21-19-13-11-10-12-18(19)14-15-20(21)22/h8-10,14-15,19-21,23-26H,11-13,16-18H2,1-7H3;17-23H,11-16H2,1-10H3;16-23H,10-15H2,1-9H3;16-22H,9-15H2,1-8H3. The van der Waals surface area contributed by atoms with E-state index in [0.29, 0.717) is 11.6 Å². The Morgan fingerprint density at radius 3 is 0.850 bits per heavy atom. The molecule has 618 valence electrons. The second kappa shape index (κ2) is 33.6. The number of rotatable bonds is 11. The van der Waals surface area contributed by atoms with E-state index in [2.05, 4.69) is 281 Å². The fourth-order valence-electron chi connectivity index (χ4n) is 35.4. The van der Waals surface area contributed by atoms with Crippen LogP contribution < -0.4 is 4.57 Å². The van der Waals surface area contributed by atoms with Crippen molar-refractivity contribution in [1.29, 1.82) is 0 Å². The van der Waals surface area contributed by atoms with Gasteiger partial charge in [-0.2, -0.15) is 0 Å². The topological polar surface area (TPSA) is 13.0 Å². The summed E-state index contributed by atoms with van der Waals surface area (Å²) < 4.78 is 11.9. The van der Waals surface area contributed by atoms with Gasteiger partial charge in [-0.3, -0.25) is 0 Å². The molecule has 0 saturated heterocycles. The van der Waals surface area contributed by atoms with Crippen molar-refractivity contribution in [3.05, 3.63) is 30.3 Å². The molecule has 0 aliphatic heterocycles. The summed E-state index contributed by atoms with van der Waals surface area (Å²) >= 11 is 0. The van der Waals surface area contributed by atoms with Gasteiger partial charge >= 0.3 is 0 Å². The van der Waals surface area contributed by atoms with Gasteiger partial charge in [-0.1, -0.05) is 224 Å². The van der Waals surface area contributed by atoms with Crippen LogP contribution in [0.4, 0.5) is 5.69 Å². The highest BCUT2D eigenvalue weighted by atomic mass is 28.3. The van der Waals surface area contributed by atoms with Gasteiger partial charge in [-0.15, -0.1) is 0 Å². The lowest BCUT2D eigenvalue weighted by Gasteiger charge is -2.58. The number of benzene rings is 1. The zero-order valence-electron chi connectivity index (χ0n) is 78.1. The molecule has 12 aliphatic carbocycles. The second-order valence-corrected chi connectivity index (χ2v) is 66.6. The predicted molar refractivity (Wildman–Crippen MR) is 484 cm³/mol. The number of hydrogen-bond donors (Lipinski definition) is 0. The van der Waals surface area contributed by atoms with E-state index in [1.54, 1.807) is 51.4 Å². The highest BCUT2D eigenvalue weighted by Gasteiger charge is 2.65. The Balaban J connectivity index is 0.000000153. The van der Waals surface area contributed by atoms with Gasteiger partial charge in [0, 0.05) is 33.4 Å². The second-order valence-electron chi connectivity index (χ2n) is 48.8. The van der Waals surface area contributed by atoms with Crippen LogP contribution in [0.2, 0.25) is 74.5 Å². The lowest BCUT2D eigenvalue weighted by molar-refractivity contribution is 0.0484. The molecule has 12 aliphatic rings. The normalized spacial score (nSPS) is 40.5. The average Bonchev–Trinajstić information content (AvgIpc) is 1.61. The minimum atomic E-state index is -1.71. The fraction of sp³-hybridized carbons (Fsp3) is 0.939. The van der Waals surface area contributed by atoms with Gasteiger partial charge in [0.2, 0.25) is 0 Å². The van der Waals surface area contributed by atoms with Crippen molar-refractivity contribution in [2.24, 2.45) is 142 Å². The third-order valence-corrected chi connectivity index (χ3v) is 56.0. The van der Waals surface area contributed by atoms with E-state index in [0.717, 1.165) is 164 Å². The fourth-order valence-corrected chi connectivity index (χ4v) is 60.4. The van der Waals surface area contributed by atoms with E-state index >= 15 is 0 Å². The molecule has 0 heterocycles. The Bertz CT molecular complexity index is 2940. The van der Waals surface area contributed by atoms with Crippen LogP contribution in [0, 0.1) is 142 Å². The lowest BCUT2D eigenvalue weighted by Crippen LogP contribution is -2.67. The number of fused-ring (bicyclic) bond motifs is 12. The van der Waals surface area contributed by atoms with Crippen molar-refractivity contribution in [2.45, 2.75) is 442 Å². The number of nitrogens with zero attached hydrogens (tertiary/aromatic N) is 4. The molecule has 12 saturated carbocycles. The Morgan fingerprint density at radius 2 is 0.589 bits per heavy atom. The quantitative estimate of drug-likeness (QED) is 0.205. The minimum absolute atomic E-state index is 0.167. The molecule has 0 amide bonds. The molecule has 1 aromatic carbocycles. The van der Waals surface area contributed by atoms with Gasteiger partial charge in [-0.05, 0) is 370 Å².